The highest BCUT2D eigenvalue weighted by Gasteiger charge is 2.21. The number of nitrogens with one attached hydrogen (secondary N) is 1. The van der Waals surface area contributed by atoms with E-state index >= 15 is 0 Å². The van der Waals surface area contributed by atoms with Crippen molar-refractivity contribution < 1.29 is 14.7 Å². The average Bonchev–Trinajstić information content (AvgIpc) is 3.12. The van der Waals surface area contributed by atoms with Gasteiger partial charge in [0.15, 0.2) is 0 Å². The first-order valence-corrected chi connectivity index (χ1v) is 8.50. The number of carbonyl (C=O) groups is 2. The lowest BCUT2D eigenvalue weighted by Crippen LogP contribution is -2.34. The SMILES string of the molecule is CC(=O)CNC(=O)c1c(O)c2ccc(-c3ccsc3)cc2n(C)c1=O. The summed E-state index contributed by atoms with van der Waals surface area (Å²) in [6, 6.07) is 7.27. The molecule has 0 aliphatic carbocycles. The highest BCUT2D eigenvalue weighted by atomic mass is 32.1. The van der Waals surface area contributed by atoms with Gasteiger partial charge >= 0.3 is 0 Å². The van der Waals surface area contributed by atoms with Crippen LogP contribution in [0.3, 0.4) is 0 Å². The molecular formula is C18H16N2O4S. The van der Waals surface area contributed by atoms with Crippen LogP contribution in [0.5, 0.6) is 5.75 Å². The van der Waals surface area contributed by atoms with Crippen LogP contribution in [0.4, 0.5) is 0 Å². The molecule has 2 heterocycles. The summed E-state index contributed by atoms with van der Waals surface area (Å²) in [6.07, 6.45) is 0. The van der Waals surface area contributed by atoms with E-state index in [-0.39, 0.29) is 23.6 Å². The van der Waals surface area contributed by atoms with Gasteiger partial charge in [0.05, 0.1) is 12.1 Å². The van der Waals surface area contributed by atoms with Crippen LogP contribution in [0.1, 0.15) is 17.3 Å². The zero-order valence-electron chi connectivity index (χ0n) is 13.7. The molecule has 0 bridgehead atoms. The van der Waals surface area contributed by atoms with Crippen molar-refractivity contribution in [3.8, 4) is 16.9 Å². The van der Waals surface area contributed by atoms with Gasteiger partial charge in [-0.2, -0.15) is 11.3 Å². The minimum absolute atomic E-state index is 0.198. The van der Waals surface area contributed by atoms with Crippen molar-refractivity contribution in [1.29, 1.82) is 0 Å². The number of Topliss-reactive ketones (excluding diaryl/α,β-unsaturated/α-hetero) is 1. The molecule has 7 heteroatoms. The van der Waals surface area contributed by atoms with Gasteiger partial charge in [-0.25, -0.2) is 0 Å². The Morgan fingerprint density at radius 2 is 2.00 bits per heavy atom. The number of ketones is 1. The standard InChI is InChI=1S/C18H16N2O4S/c1-10(21)8-19-17(23)15-16(22)13-4-3-11(12-5-6-25-9-12)7-14(13)20(2)18(15)24/h3-7,9,22H,8H2,1-2H3,(H,19,23). The third-order valence-corrected chi connectivity index (χ3v) is 4.63. The molecule has 1 amide bonds. The molecule has 128 valence electrons. The second-order valence-electron chi connectivity index (χ2n) is 5.72. The molecular weight excluding hydrogens is 340 g/mol. The van der Waals surface area contributed by atoms with Gasteiger partial charge in [0.1, 0.15) is 17.1 Å². The number of aromatic nitrogens is 1. The number of rotatable bonds is 4. The molecule has 0 fully saturated rings. The van der Waals surface area contributed by atoms with E-state index in [9.17, 15) is 19.5 Å². The Labute approximate surface area is 147 Å². The molecule has 2 aromatic heterocycles. The Morgan fingerprint density at radius 1 is 1.24 bits per heavy atom. The predicted molar refractivity (Wildman–Crippen MR) is 97.2 cm³/mol. The number of hydrogen-bond donors (Lipinski definition) is 2. The molecule has 1 aromatic carbocycles. The first-order valence-electron chi connectivity index (χ1n) is 7.56. The van der Waals surface area contributed by atoms with E-state index in [4.69, 9.17) is 0 Å². The lowest BCUT2D eigenvalue weighted by Gasteiger charge is -2.12. The fourth-order valence-corrected chi connectivity index (χ4v) is 3.29. The van der Waals surface area contributed by atoms with Gasteiger partial charge in [0.2, 0.25) is 0 Å². The number of nitrogens with zero attached hydrogens (tertiary/aromatic N) is 1. The Balaban J connectivity index is 2.16. The molecule has 0 aliphatic rings. The van der Waals surface area contributed by atoms with Crippen LogP contribution < -0.4 is 10.9 Å². The van der Waals surface area contributed by atoms with Gasteiger partial charge in [-0.15, -0.1) is 0 Å². The zero-order chi connectivity index (χ0) is 18.1. The number of pyridine rings is 1. The van der Waals surface area contributed by atoms with Crippen molar-refractivity contribution in [1.82, 2.24) is 9.88 Å². The van der Waals surface area contributed by atoms with Gasteiger partial charge in [-0.1, -0.05) is 6.07 Å². The van der Waals surface area contributed by atoms with Crippen molar-refractivity contribution in [3.05, 3.63) is 50.9 Å². The average molecular weight is 356 g/mol. The number of hydrogen-bond acceptors (Lipinski definition) is 5. The minimum atomic E-state index is -0.767. The third kappa shape index (κ3) is 3.06. The highest BCUT2D eigenvalue weighted by Crippen LogP contribution is 2.30. The van der Waals surface area contributed by atoms with Crippen LogP contribution in [0.15, 0.2) is 39.8 Å². The normalized spacial score (nSPS) is 10.8. The van der Waals surface area contributed by atoms with Crippen molar-refractivity contribution in [2.75, 3.05) is 6.54 Å². The molecule has 25 heavy (non-hydrogen) atoms. The van der Waals surface area contributed by atoms with Crippen LogP contribution in [0.2, 0.25) is 0 Å². The molecule has 0 atom stereocenters. The summed E-state index contributed by atoms with van der Waals surface area (Å²) in [4.78, 5) is 35.8. The summed E-state index contributed by atoms with van der Waals surface area (Å²) in [6.45, 7) is 1.13. The maximum absolute atomic E-state index is 12.5. The van der Waals surface area contributed by atoms with E-state index in [2.05, 4.69) is 5.32 Å². The van der Waals surface area contributed by atoms with Gasteiger partial charge in [0, 0.05) is 12.4 Å². The second-order valence-corrected chi connectivity index (χ2v) is 6.50. The van der Waals surface area contributed by atoms with E-state index in [1.165, 1.54) is 11.5 Å². The Bertz CT molecular complexity index is 1040. The molecule has 0 aliphatic heterocycles. The lowest BCUT2D eigenvalue weighted by molar-refractivity contribution is -0.116. The molecule has 3 aromatic rings. The van der Waals surface area contributed by atoms with E-state index in [1.54, 1.807) is 30.5 Å². The first-order chi connectivity index (χ1) is 11.9. The van der Waals surface area contributed by atoms with E-state index in [0.29, 0.717) is 10.9 Å². The number of amides is 1. The minimum Gasteiger partial charge on any atom is -0.506 e. The van der Waals surface area contributed by atoms with Crippen LogP contribution in [-0.4, -0.2) is 27.9 Å². The maximum atomic E-state index is 12.5. The summed E-state index contributed by atoms with van der Waals surface area (Å²) in [5.74, 6) is -1.39. The molecule has 6 nitrogen and oxygen atoms in total. The van der Waals surface area contributed by atoms with Crippen LogP contribution in [0, 0.1) is 0 Å². The fraction of sp³-hybridized carbons (Fsp3) is 0.167. The molecule has 2 N–H and O–H groups in total. The van der Waals surface area contributed by atoms with Gasteiger partial charge in [0.25, 0.3) is 11.5 Å². The maximum Gasteiger partial charge on any atom is 0.267 e. The number of fused-ring (bicyclic) bond motifs is 1. The summed E-state index contributed by atoms with van der Waals surface area (Å²) >= 11 is 1.57. The summed E-state index contributed by atoms with van der Waals surface area (Å²) < 4.78 is 1.33. The van der Waals surface area contributed by atoms with Gasteiger partial charge in [-0.3, -0.25) is 14.4 Å². The number of aryl methyl sites for hydroxylation is 1. The number of thiophene rings is 1. The molecule has 0 radical (unpaired) electrons. The second kappa shape index (κ2) is 6.52. The van der Waals surface area contributed by atoms with Crippen molar-refractivity contribution in [2.24, 2.45) is 7.05 Å². The topological polar surface area (TPSA) is 88.4 Å². The predicted octanol–water partition coefficient (Wildman–Crippen LogP) is 2.29. The fourth-order valence-electron chi connectivity index (χ4n) is 2.63. The number of aromatic hydroxyl groups is 1. The van der Waals surface area contributed by atoms with Crippen molar-refractivity contribution in [2.45, 2.75) is 6.92 Å². The monoisotopic (exact) mass is 356 g/mol. The Hall–Kier alpha value is -2.93. The number of carbonyl (C=O) groups excluding carboxylic acids is 2. The Kier molecular flexibility index (Phi) is 4.41. The van der Waals surface area contributed by atoms with E-state index in [1.807, 2.05) is 22.9 Å². The van der Waals surface area contributed by atoms with Gasteiger partial charge < -0.3 is 15.0 Å². The third-order valence-electron chi connectivity index (χ3n) is 3.95. The molecule has 0 spiro atoms. The van der Waals surface area contributed by atoms with Crippen LogP contribution >= 0.6 is 11.3 Å². The Morgan fingerprint density at radius 3 is 2.64 bits per heavy atom. The lowest BCUT2D eigenvalue weighted by atomic mass is 10.0. The summed E-state index contributed by atoms with van der Waals surface area (Å²) in [7, 11) is 1.54. The summed E-state index contributed by atoms with van der Waals surface area (Å²) in [5, 5.41) is 17.1. The largest absolute Gasteiger partial charge is 0.506 e. The van der Waals surface area contributed by atoms with Gasteiger partial charge in [-0.05, 0) is 47.0 Å². The highest BCUT2D eigenvalue weighted by molar-refractivity contribution is 7.08. The molecule has 0 saturated carbocycles. The summed E-state index contributed by atoms with van der Waals surface area (Å²) in [5.41, 5.74) is 1.47. The first kappa shape index (κ1) is 16.9. The smallest absolute Gasteiger partial charge is 0.267 e. The quantitative estimate of drug-likeness (QED) is 0.751. The van der Waals surface area contributed by atoms with Crippen molar-refractivity contribution >= 4 is 33.9 Å². The van der Waals surface area contributed by atoms with Crippen LogP contribution in [0.25, 0.3) is 22.0 Å². The van der Waals surface area contributed by atoms with Crippen LogP contribution in [-0.2, 0) is 11.8 Å². The number of benzene rings is 1. The van der Waals surface area contributed by atoms with E-state index in [0.717, 1.165) is 11.1 Å². The molecule has 0 saturated heterocycles. The molecule has 3 rings (SSSR count). The zero-order valence-corrected chi connectivity index (χ0v) is 14.5. The van der Waals surface area contributed by atoms with E-state index < -0.39 is 11.5 Å². The molecule has 0 unspecified atom stereocenters. The van der Waals surface area contributed by atoms with Crippen molar-refractivity contribution in [3.63, 3.8) is 0 Å².